The summed E-state index contributed by atoms with van der Waals surface area (Å²) in [4.78, 5) is 19.2. The quantitative estimate of drug-likeness (QED) is 0.747. The molecule has 2 N–H and O–H groups in total. The molecule has 0 unspecified atom stereocenters. The Kier molecular flexibility index (Phi) is 5.74. The van der Waals surface area contributed by atoms with Crippen molar-refractivity contribution >= 4 is 11.7 Å². The van der Waals surface area contributed by atoms with Crippen LogP contribution in [0.5, 0.6) is 11.5 Å². The smallest absolute Gasteiger partial charge is 0.272 e. The molecule has 0 atom stereocenters. The van der Waals surface area contributed by atoms with Crippen molar-refractivity contribution in [2.45, 2.75) is 44.9 Å². The van der Waals surface area contributed by atoms with Crippen LogP contribution in [0.2, 0.25) is 0 Å². The third-order valence-electron chi connectivity index (χ3n) is 6.42. The molecule has 8 heteroatoms. The highest BCUT2D eigenvalue weighted by Gasteiger charge is 2.41. The van der Waals surface area contributed by atoms with E-state index in [0.717, 1.165) is 25.0 Å². The zero-order valence-electron chi connectivity index (χ0n) is 17.6. The molecule has 1 aliphatic heterocycles. The van der Waals surface area contributed by atoms with Crippen LogP contribution >= 0.6 is 0 Å². The van der Waals surface area contributed by atoms with E-state index >= 15 is 0 Å². The van der Waals surface area contributed by atoms with Crippen LogP contribution in [-0.4, -0.2) is 52.8 Å². The third kappa shape index (κ3) is 4.32. The normalized spacial score (nSPS) is 18.1. The van der Waals surface area contributed by atoms with Gasteiger partial charge in [0.25, 0.3) is 5.91 Å². The monoisotopic (exact) mass is 411 g/mol. The summed E-state index contributed by atoms with van der Waals surface area (Å²) >= 11 is 0. The molecule has 0 spiro atoms. The minimum atomic E-state index is -0.0890. The molecule has 2 aromatic heterocycles. The van der Waals surface area contributed by atoms with Crippen molar-refractivity contribution < 1.29 is 14.3 Å². The van der Waals surface area contributed by atoms with Crippen LogP contribution in [0.4, 0.5) is 5.82 Å². The van der Waals surface area contributed by atoms with Crippen LogP contribution in [0.15, 0.2) is 24.4 Å². The largest absolute Gasteiger partial charge is 0.493 e. The van der Waals surface area contributed by atoms with Gasteiger partial charge in [0.2, 0.25) is 0 Å². The Hall–Kier alpha value is -2.90. The first-order valence-corrected chi connectivity index (χ1v) is 10.6. The lowest BCUT2D eigenvalue weighted by atomic mass is 9.93. The van der Waals surface area contributed by atoms with Gasteiger partial charge >= 0.3 is 0 Å². The number of hydrogen-bond donors (Lipinski definition) is 1. The lowest BCUT2D eigenvalue weighted by molar-refractivity contribution is 0.0705. The predicted molar refractivity (Wildman–Crippen MR) is 113 cm³/mol. The number of aromatic nitrogens is 3. The van der Waals surface area contributed by atoms with E-state index in [0.29, 0.717) is 48.1 Å². The molecular weight excluding hydrogens is 382 g/mol. The molecule has 1 aliphatic carbocycles. The van der Waals surface area contributed by atoms with Crippen LogP contribution in [0.25, 0.3) is 0 Å². The van der Waals surface area contributed by atoms with Gasteiger partial charge < -0.3 is 20.1 Å². The summed E-state index contributed by atoms with van der Waals surface area (Å²) in [7, 11) is 1.59. The molecule has 2 fully saturated rings. The van der Waals surface area contributed by atoms with Gasteiger partial charge in [0.1, 0.15) is 11.5 Å². The summed E-state index contributed by atoms with van der Waals surface area (Å²) < 4.78 is 11.4. The number of likely N-dealkylation sites (tertiary alicyclic amines) is 1. The lowest BCUT2D eigenvalue weighted by Crippen LogP contribution is -2.38. The topological polar surface area (TPSA) is 103 Å². The van der Waals surface area contributed by atoms with Gasteiger partial charge in [-0.05, 0) is 44.2 Å². The van der Waals surface area contributed by atoms with Gasteiger partial charge in [-0.1, -0.05) is 6.92 Å². The van der Waals surface area contributed by atoms with Crippen LogP contribution in [0.3, 0.4) is 0 Å². The highest BCUT2D eigenvalue weighted by Crippen LogP contribution is 2.49. The number of nitrogens with zero attached hydrogens (tertiary/aromatic N) is 4. The second-order valence-electron chi connectivity index (χ2n) is 8.31. The summed E-state index contributed by atoms with van der Waals surface area (Å²) in [6.45, 7) is 4.15. The molecule has 8 nitrogen and oxygen atoms in total. The Balaban J connectivity index is 1.38. The van der Waals surface area contributed by atoms with Crippen molar-refractivity contribution in [3.8, 4) is 11.5 Å². The molecule has 1 saturated carbocycles. The van der Waals surface area contributed by atoms with Gasteiger partial charge in [-0.25, -0.2) is 4.98 Å². The second kappa shape index (κ2) is 8.45. The van der Waals surface area contributed by atoms with Crippen LogP contribution in [-0.2, 0) is 0 Å². The highest BCUT2D eigenvalue weighted by atomic mass is 16.5. The number of methoxy groups -OCH3 is 1. The number of pyridine rings is 1. The molecule has 2 aromatic rings. The van der Waals surface area contributed by atoms with Crippen molar-refractivity contribution in [2.75, 3.05) is 32.5 Å². The van der Waals surface area contributed by atoms with Gasteiger partial charge in [-0.2, -0.15) is 5.10 Å². The van der Waals surface area contributed by atoms with Crippen LogP contribution < -0.4 is 15.2 Å². The molecule has 30 heavy (non-hydrogen) atoms. The Bertz CT molecular complexity index is 890. The highest BCUT2D eigenvalue weighted by molar-refractivity contribution is 5.93. The fourth-order valence-electron chi connectivity index (χ4n) is 3.93. The molecule has 1 amide bonds. The second-order valence-corrected chi connectivity index (χ2v) is 8.31. The van der Waals surface area contributed by atoms with E-state index in [1.807, 2.05) is 11.0 Å². The zero-order chi connectivity index (χ0) is 21.1. The number of carbonyl (C=O) groups excluding carboxylic acids is 1. The Morgan fingerprint density at radius 3 is 2.60 bits per heavy atom. The van der Waals surface area contributed by atoms with E-state index in [4.69, 9.17) is 15.2 Å². The van der Waals surface area contributed by atoms with Gasteiger partial charge in [-0.15, -0.1) is 5.10 Å². The minimum absolute atomic E-state index is 0.0890. The summed E-state index contributed by atoms with van der Waals surface area (Å²) in [5.41, 5.74) is 7.22. The van der Waals surface area contributed by atoms with Gasteiger partial charge in [0, 0.05) is 30.5 Å². The molecule has 4 rings (SSSR count). The summed E-state index contributed by atoms with van der Waals surface area (Å²) in [5, 5.41) is 8.12. The number of ether oxygens (including phenoxy) is 2. The number of nitrogen functional groups attached to an aromatic ring is 1. The molecule has 1 saturated heterocycles. The maximum absolute atomic E-state index is 13.0. The van der Waals surface area contributed by atoms with Gasteiger partial charge in [-0.3, -0.25) is 4.79 Å². The molecule has 160 valence electrons. The van der Waals surface area contributed by atoms with E-state index in [1.54, 1.807) is 25.4 Å². The molecule has 0 aromatic carbocycles. The number of hydrogen-bond acceptors (Lipinski definition) is 7. The fourth-order valence-corrected chi connectivity index (χ4v) is 3.93. The van der Waals surface area contributed by atoms with Crippen molar-refractivity contribution in [2.24, 2.45) is 5.41 Å². The average molecular weight is 412 g/mol. The van der Waals surface area contributed by atoms with E-state index in [-0.39, 0.29) is 11.8 Å². The van der Waals surface area contributed by atoms with Crippen molar-refractivity contribution in [1.82, 2.24) is 20.1 Å². The summed E-state index contributed by atoms with van der Waals surface area (Å²) in [6.07, 6.45) is 6.79. The maximum atomic E-state index is 13.0. The Morgan fingerprint density at radius 1 is 1.23 bits per heavy atom. The van der Waals surface area contributed by atoms with Crippen LogP contribution in [0, 0.1) is 5.41 Å². The Morgan fingerprint density at radius 2 is 2.00 bits per heavy atom. The Labute approximate surface area is 176 Å². The third-order valence-corrected chi connectivity index (χ3v) is 6.42. The lowest BCUT2D eigenvalue weighted by Gasteiger charge is -2.31. The number of rotatable bonds is 7. The summed E-state index contributed by atoms with van der Waals surface area (Å²) in [6, 6.07) is 5.37. The van der Waals surface area contributed by atoms with Crippen molar-refractivity contribution in [3.63, 3.8) is 0 Å². The molecular formula is C22H29N5O3. The fraction of sp³-hybridized carbons (Fsp3) is 0.545. The standard InChI is InChI=1S/C22H29N5O3/c1-3-22(8-9-22)14-30-19-13-24-17(12-18(19)29-2)21(28)27-10-6-15(7-11-27)16-4-5-20(23)26-25-16/h4-5,12-13,15H,3,6-11,14H2,1-2H3,(H2,23,26). The van der Waals surface area contributed by atoms with E-state index in [1.165, 1.54) is 12.8 Å². The van der Waals surface area contributed by atoms with Gasteiger partial charge in [0.15, 0.2) is 11.5 Å². The molecule has 3 heterocycles. The van der Waals surface area contributed by atoms with E-state index in [9.17, 15) is 4.79 Å². The maximum Gasteiger partial charge on any atom is 0.272 e. The minimum Gasteiger partial charge on any atom is -0.493 e. The molecule has 0 bridgehead atoms. The first-order chi connectivity index (χ1) is 14.5. The molecule has 2 aliphatic rings. The first-order valence-electron chi connectivity index (χ1n) is 10.6. The van der Waals surface area contributed by atoms with Crippen molar-refractivity contribution in [1.29, 1.82) is 0 Å². The van der Waals surface area contributed by atoms with Crippen molar-refractivity contribution in [3.05, 3.63) is 35.8 Å². The number of piperidine rings is 1. The van der Waals surface area contributed by atoms with Gasteiger partial charge in [0.05, 0.1) is 25.6 Å². The number of anilines is 1. The zero-order valence-corrected chi connectivity index (χ0v) is 17.6. The predicted octanol–water partition coefficient (Wildman–Crippen LogP) is 3.05. The number of amides is 1. The van der Waals surface area contributed by atoms with E-state index < -0.39 is 0 Å². The first kappa shape index (κ1) is 20.4. The van der Waals surface area contributed by atoms with E-state index in [2.05, 4.69) is 22.1 Å². The van der Waals surface area contributed by atoms with Crippen LogP contribution in [0.1, 0.15) is 61.1 Å². The SMILES string of the molecule is CCC1(COc2cnc(C(=O)N3CCC(c4ccc(N)nn4)CC3)cc2OC)CC1. The summed E-state index contributed by atoms with van der Waals surface area (Å²) in [5.74, 6) is 1.75. The average Bonchev–Trinajstić information content (AvgIpc) is 3.58. The molecule has 0 radical (unpaired) electrons. The number of nitrogens with two attached hydrogens (primary N) is 1. The number of carbonyl (C=O) groups is 1.